The zero-order valence-corrected chi connectivity index (χ0v) is 7.79. The summed E-state index contributed by atoms with van der Waals surface area (Å²) in [5.74, 6) is -0.249. The van der Waals surface area contributed by atoms with Gasteiger partial charge in [0.15, 0.2) is 0 Å². The molecule has 0 unspecified atom stereocenters. The molecular weight excluding hydrogens is 169 g/mol. The Morgan fingerprint density at radius 1 is 1.46 bits per heavy atom. The third-order valence-electron chi connectivity index (χ3n) is 2.09. The van der Waals surface area contributed by atoms with E-state index in [1.165, 1.54) is 6.07 Å². The first kappa shape index (κ1) is 10.2. The van der Waals surface area contributed by atoms with E-state index >= 15 is 0 Å². The lowest BCUT2D eigenvalue weighted by molar-refractivity contribution is 0.164. The van der Waals surface area contributed by atoms with E-state index in [-0.39, 0.29) is 5.82 Å². The fourth-order valence-corrected chi connectivity index (χ4v) is 1.15. The molecule has 2 atom stereocenters. The lowest BCUT2D eigenvalue weighted by Crippen LogP contribution is -2.23. The average Bonchev–Trinajstić information content (AvgIpc) is 2.08. The van der Waals surface area contributed by atoms with Crippen molar-refractivity contribution >= 4 is 0 Å². The molecule has 13 heavy (non-hydrogen) atoms. The second kappa shape index (κ2) is 3.85. The van der Waals surface area contributed by atoms with Crippen molar-refractivity contribution in [2.24, 2.45) is 5.73 Å². The average molecular weight is 183 g/mol. The molecular formula is C10H14FNO. The summed E-state index contributed by atoms with van der Waals surface area (Å²) in [6, 6.07) is 4.18. The van der Waals surface area contributed by atoms with Crippen molar-refractivity contribution in [3.63, 3.8) is 0 Å². The molecule has 0 aliphatic heterocycles. The van der Waals surface area contributed by atoms with Crippen LogP contribution in [0.4, 0.5) is 4.39 Å². The maximum Gasteiger partial charge on any atom is 0.126 e. The second-order valence-electron chi connectivity index (χ2n) is 3.28. The van der Waals surface area contributed by atoms with Crippen LogP contribution < -0.4 is 5.73 Å². The van der Waals surface area contributed by atoms with Crippen molar-refractivity contribution in [2.75, 3.05) is 0 Å². The fourth-order valence-electron chi connectivity index (χ4n) is 1.15. The summed E-state index contributed by atoms with van der Waals surface area (Å²) >= 11 is 0. The zero-order chi connectivity index (χ0) is 10.0. The van der Waals surface area contributed by atoms with E-state index in [1.54, 1.807) is 26.0 Å². The first-order valence-electron chi connectivity index (χ1n) is 4.22. The summed E-state index contributed by atoms with van der Waals surface area (Å²) in [5, 5.41) is 9.22. The van der Waals surface area contributed by atoms with Crippen LogP contribution in [0.5, 0.6) is 0 Å². The van der Waals surface area contributed by atoms with E-state index in [0.29, 0.717) is 5.56 Å². The third-order valence-corrected chi connectivity index (χ3v) is 2.09. The number of aliphatic hydroxyl groups is 1. The van der Waals surface area contributed by atoms with Crippen molar-refractivity contribution in [1.29, 1.82) is 0 Å². The number of benzene rings is 1. The van der Waals surface area contributed by atoms with Gasteiger partial charge in [0.2, 0.25) is 0 Å². The Hall–Kier alpha value is -0.930. The highest BCUT2D eigenvalue weighted by molar-refractivity contribution is 5.26. The van der Waals surface area contributed by atoms with Gasteiger partial charge in [-0.15, -0.1) is 0 Å². The minimum absolute atomic E-state index is 0.249. The standard InChI is InChI=1S/C10H14FNO/c1-6-5-8(3-4-9(6)11)10(12)7(2)13/h3-5,7,10,13H,12H2,1-2H3/t7-,10-/m1/s1. The topological polar surface area (TPSA) is 46.2 Å². The number of aliphatic hydroxyl groups excluding tert-OH is 1. The van der Waals surface area contributed by atoms with Crippen LogP contribution in [-0.2, 0) is 0 Å². The van der Waals surface area contributed by atoms with Gasteiger partial charge in [0.25, 0.3) is 0 Å². The van der Waals surface area contributed by atoms with Crippen LogP contribution in [0.1, 0.15) is 24.1 Å². The molecule has 0 saturated heterocycles. The SMILES string of the molecule is Cc1cc([C@H](N)[C@@H](C)O)ccc1F. The van der Waals surface area contributed by atoms with Crippen LogP contribution >= 0.6 is 0 Å². The summed E-state index contributed by atoms with van der Waals surface area (Å²) in [7, 11) is 0. The molecule has 1 rings (SSSR count). The molecule has 2 nitrogen and oxygen atoms in total. The molecule has 1 aromatic rings. The van der Waals surface area contributed by atoms with Crippen LogP contribution in [0.3, 0.4) is 0 Å². The Bertz CT molecular complexity index is 299. The van der Waals surface area contributed by atoms with Gasteiger partial charge in [-0.1, -0.05) is 12.1 Å². The highest BCUT2D eigenvalue weighted by Crippen LogP contribution is 2.17. The Labute approximate surface area is 77.2 Å². The van der Waals surface area contributed by atoms with Gasteiger partial charge in [-0.25, -0.2) is 4.39 Å². The number of hydrogen-bond acceptors (Lipinski definition) is 2. The summed E-state index contributed by atoms with van der Waals surface area (Å²) in [6.45, 7) is 3.29. The summed E-state index contributed by atoms with van der Waals surface area (Å²) in [6.07, 6.45) is -0.620. The van der Waals surface area contributed by atoms with Gasteiger partial charge in [-0.05, 0) is 31.0 Å². The molecule has 0 aromatic heterocycles. The predicted molar refractivity (Wildman–Crippen MR) is 49.7 cm³/mol. The predicted octanol–water partition coefficient (Wildman–Crippen LogP) is 1.51. The molecule has 0 heterocycles. The lowest BCUT2D eigenvalue weighted by atomic mass is 10.0. The molecule has 0 fully saturated rings. The minimum atomic E-state index is -0.620. The number of nitrogens with two attached hydrogens (primary N) is 1. The number of rotatable bonds is 2. The van der Waals surface area contributed by atoms with Crippen molar-refractivity contribution in [3.8, 4) is 0 Å². The van der Waals surface area contributed by atoms with Gasteiger partial charge < -0.3 is 10.8 Å². The van der Waals surface area contributed by atoms with E-state index in [9.17, 15) is 9.50 Å². The summed E-state index contributed by atoms with van der Waals surface area (Å²) in [5.41, 5.74) is 6.99. The van der Waals surface area contributed by atoms with Gasteiger partial charge in [0.1, 0.15) is 5.82 Å². The zero-order valence-electron chi connectivity index (χ0n) is 7.79. The van der Waals surface area contributed by atoms with E-state index in [4.69, 9.17) is 5.73 Å². The van der Waals surface area contributed by atoms with Crippen LogP contribution in [0, 0.1) is 12.7 Å². The van der Waals surface area contributed by atoms with E-state index in [0.717, 1.165) is 5.56 Å². The van der Waals surface area contributed by atoms with E-state index < -0.39 is 12.1 Å². The van der Waals surface area contributed by atoms with Crippen molar-refractivity contribution in [2.45, 2.75) is 26.0 Å². The van der Waals surface area contributed by atoms with Crippen molar-refractivity contribution in [1.82, 2.24) is 0 Å². The molecule has 0 aliphatic rings. The molecule has 3 N–H and O–H groups in total. The molecule has 0 amide bonds. The van der Waals surface area contributed by atoms with Gasteiger partial charge in [-0.2, -0.15) is 0 Å². The molecule has 1 aromatic carbocycles. The maximum absolute atomic E-state index is 12.9. The minimum Gasteiger partial charge on any atom is -0.391 e. The maximum atomic E-state index is 12.9. The van der Waals surface area contributed by atoms with Crippen LogP contribution in [0.25, 0.3) is 0 Å². The van der Waals surface area contributed by atoms with Crippen molar-refractivity contribution < 1.29 is 9.50 Å². The Kier molecular flexibility index (Phi) is 3.01. The Morgan fingerprint density at radius 3 is 2.54 bits per heavy atom. The van der Waals surface area contributed by atoms with Gasteiger partial charge in [0, 0.05) is 0 Å². The monoisotopic (exact) mass is 183 g/mol. The number of hydrogen-bond donors (Lipinski definition) is 2. The van der Waals surface area contributed by atoms with Gasteiger partial charge in [0.05, 0.1) is 12.1 Å². The number of halogens is 1. The summed E-state index contributed by atoms with van der Waals surface area (Å²) < 4.78 is 12.9. The normalized spacial score (nSPS) is 15.5. The van der Waals surface area contributed by atoms with Crippen LogP contribution in [-0.4, -0.2) is 11.2 Å². The first-order chi connectivity index (χ1) is 6.02. The fraction of sp³-hybridized carbons (Fsp3) is 0.400. The molecule has 72 valence electrons. The smallest absolute Gasteiger partial charge is 0.126 e. The second-order valence-corrected chi connectivity index (χ2v) is 3.28. The molecule has 0 radical (unpaired) electrons. The van der Waals surface area contributed by atoms with Gasteiger partial charge >= 0.3 is 0 Å². The number of aryl methyl sites for hydroxylation is 1. The van der Waals surface area contributed by atoms with E-state index in [1.807, 2.05) is 0 Å². The highest BCUT2D eigenvalue weighted by Gasteiger charge is 2.12. The third kappa shape index (κ3) is 2.26. The largest absolute Gasteiger partial charge is 0.391 e. The van der Waals surface area contributed by atoms with Crippen molar-refractivity contribution in [3.05, 3.63) is 35.1 Å². The molecule has 3 heteroatoms. The Morgan fingerprint density at radius 2 is 2.08 bits per heavy atom. The summed E-state index contributed by atoms with van der Waals surface area (Å²) in [4.78, 5) is 0. The van der Waals surface area contributed by atoms with Crippen LogP contribution in [0.15, 0.2) is 18.2 Å². The molecule has 0 aliphatic carbocycles. The Balaban J connectivity index is 2.97. The van der Waals surface area contributed by atoms with E-state index in [2.05, 4.69) is 0 Å². The first-order valence-corrected chi connectivity index (χ1v) is 4.22. The quantitative estimate of drug-likeness (QED) is 0.730. The van der Waals surface area contributed by atoms with Crippen LogP contribution in [0.2, 0.25) is 0 Å². The highest BCUT2D eigenvalue weighted by atomic mass is 19.1. The molecule has 0 spiro atoms. The van der Waals surface area contributed by atoms with Gasteiger partial charge in [-0.3, -0.25) is 0 Å². The molecule has 0 saturated carbocycles. The molecule has 0 bridgehead atoms. The lowest BCUT2D eigenvalue weighted by Gasteiger charge is -2.15.